The van der Waals surface area contributed by atoms with Crippen LogP contribution in [0.5, 0.6) is 0 Å². The minimum Gasteiger partial charge on any atom is -0.281 e. The molecule has 0 amide bonds. The smallest absolute Gasteiger partial charge is 0.235 e. The standard InChI is InChI=1S/C13H18ClNO3S/c1-2-15(12-8-4-3-5-9-12)19(17,18)11-7-6-10-13(14)16/h3-5,8-9H,2,6-7,10-11H2,1H3. The number of para-hydroxylation sites is 1. The van der Waals surface area contributed by atoms with E-state index >= 15 is 0 Å². The molecule has 19 heavy (non-hydrogen) atoms. The lowest BCUT2D eigenvalue weighted by molar-refractivity contribution is -0.111. The maximum Gasteiger partial charge on any atom is 0.235 e. The third-order valence-corrected chi connectivity index (χ3v) is 4.83. The van der Waals surface area contributed by atoms with Gasteiger partial charge in [0, 0.05) is 13.0 Å². The van der Waals surface area contributed by atoms with Crippen molar-refractivity contribution in [2.45, 2.75) is 26.2 Å². The zero-order valence-electron chi connectivity index (χ0n) is 10.9. The van der Waals surface area contributed by atoms with Crippen molar-refractivity contribution in [3.63, 3.8) is 0 Å². The van der Waals surface area contributed by atoms with Gasteiger partial charge in [0.2, 0.25) is 15.3 Å². The summed E-state index contributed by atoms with van der Waals surface area (Å²) in [6.45, 7) is 2.19. The van der Waals surface area contributed by atoms with Gasteiger partial charge in [0.15, 0.2) is 0 Å². The van der Waals surface area contributed by atoms with Gasteiger partial charge in [0.05, 0.1) is 11.4 Å². The van der Waals surface area contributed by atoms with Crippen molar-refractivity contribution in [1.82, 2.24) is 0 Å². The Morgan fingerprint density at radius 2 is 1.84 bits per heavy atom. The number of carbonyl (C=O) groups is 1. The second-order valence-corrected chi connectivity index (χ2v) is 6.56. The number of benzene rings is 1. The largest absolute Gasteiger partial charge is 0.281 e. The van der Waals surface area contributed by atoms with E-state index in [9.17, 15) is 13.2 Å². The van der Waals surface area contributed by atoms with E-state index in [0.29, 0.717) is 25.1 Å². The van der Waals surface area contributed by atoms with Crippen LogP contribution in [0.2, 0.25) is 0 Å². The summed E-state index contributed by atoms with van der Waals surface area (Å²) in [4.78, 5) is 10.6. The molecule has 1 aromatic rings. The quantitative estimate of drug-likeness (QED) is 0.548. The van der Waals surface area contributed by atoms with Crippen LogP contribution < -0.4 is 4.31 Å². The SMILES string of the molecule is CCN(c1ccccc1)S(=O)(=O)CCCCC(=O)Cl. The lowest BCUT2D eigenvalue weighted by atomic mass is 10.3. The van der Waals surface area contributed by atoms with Gasteiger partial charge in [-0.3, -0.25) is 9.10 Å². The molecule has 1 rings (SSSR count). The summed E-state index contributed by atoms with van der Waals surface area (Å²) in [5.74, 6) is 0.0277. The molecule has 6 heteroatoms. The molecule has 0 saturated heterocycles. The first-order valence-electron chi connectivity index (χ1n) is 6.21. The molecule has 0 aliphatic carbocycles. The maximum atomic E-state index is 12.2. The number of hydrogen-bond acceptors (Lipinski definition) is 3. The van der Waals surface area contributed by atoms with Crippen molar-refractivity contribution in [2.24, 2.45) is 0 Å². The van der Waals surface area contributed by atoms with Gasteiger partial charge in [-0.15, -0.1) is 0 Å². The Morgan fingerprint density at radius 1 is 1.21 bits per heavy atom. The highest BCUT2D eigenvalue weighted by Gasteiger charge is 2.20. The van der Waals surface area contributed by atoms with E-state index in [2.05, 4.69) is 0 Å². The number of anilines is 1. The summed E-state index contributed by atoms with van der Waals surface area (Å²) in [6, 6.07) is 8.99. The van der Waals surface area contributed by atoms with Crippen LogP contribution in [0.25, 0.3) is 0 Å². The Morgan fingerprint density at radius 3 is 2.37 bits per heavy atom. The Labute approximate surface area is 119 Å². The van der Waals surface area contributed by atoms with Crippen LogP contribution in [-0.2, 0) is 14.8 Å². The first kappa shape index (κ1) is 16.0. The van der Waals surface area contributed by atoms with Crippen molar-refractivity contribution in [2.75, 3.05) is 16.6 Å². The lowest BCUT2D eigenvalue weighted by Gasteiger charge is -2.22. The topological polar surface area (TPSA) is 54.5 Å². The number of sulfonamides is 1. The van der Waals surface area contributed by atoms with Gasteiger partial charge in [-0.1, -0.05) is 18.2 Å². The van der Waals surface area contributed by atoms with E-state index in [1.807, 2.05) is 6.07 Å². The normalized spacial score (nSPS) is 11.3. The van der Waals surface area contributed by atoms with Gasteiger partial charge >= 0.3 is 0 Å². The van der Waals surface area contributed by atoms with Crippen molar-refractivity contribution in [3.8, 4) is 0 Å². The van der Waals surface area contributed by atoms with Crippen LogP contribution in [0, 0.1) is 0 Å². The van der Waals surface area contributed by atoms with E-state index in [0.717, 1.165) is 0 Å². The molecule has 0 heterocycles. The van der Waals surface area contributed by atoms with Gasteiger partial charge in [-0.2, -0.15) is 0 Å². The molecule has 0 aromatic heterocycles. The molecule has 0 unspecified atom stereocenters. The number of nitrogens with zero attached hydrogens (tertiary/aromatic N) is 1. The Kier molecular flexibility index (Phi) is 6.31. The molecule has 1 aromatic carbocycles. The van der Waals surface area contributed by atoms with Crippen molar-refractivity contribution in [3.05, 3.63) is 30.3 Å². The minimum atomic E-state index is -3.34. The third-order valence-electron chi connectivity index (χ3n) is 2.69. The Balaban J connectivity index is 2.66. The molecule has 4 nitrogen and oxygen atoms in total. The van der Waals surface area contributed by atoms with Crippen LogP contribution in [0.15, 0.2) is 30.3 Å². The number of unbranched alkanes of at least 4 members (excludes halogenated alkanes) is 1. The van der Waals surface area contributed by atoms with E-state index in [-0.39, 0.29) is 12.2 Å². The van der Waals surface area contributed by atoms with E-state index in [1.54, 1.807) is 31.2 Å². The fourth-order valence-electron chi connectivity index (χ4n) is 1.79. The average Bonchev–Trinajstić information content (AvgIpc) is 2.36. The molecular formula is C13H18ClNO3S. The van der Waals surface area contributed by atoms with Crippen LogP contribution in [0.4, 0.5) is 5.69 Å². The minimum absolute atomic E-state index is 0.0277. The molecule has 106 valence electrons. The van der Waals surface area contributed by atoms with Gasteiger partial charge in [0.1, 0.15) is 0 Å². The summed E-state index contributed by atoms with van der Waals surface area (Å²) < 4.78 is 25.8. The summed E-state index contributed by atoms with van der Waals surface area (Å²) in [7, 11) is -3.34. The van der Waals surface area contributed by atoms with Crippen molar-refractivity contribution >= 4 is 32.6 Å². The van der Waals surface area contributed by atoms with E-state index in [1.165, 1.54) is 4.31 Å². The van der Waals surface area contributed by atoms with E-state index < -0.39 is 15.3 Å². The molecule has 0 spiro atoms. The monoisotopic (exact) mass is 303 g/mol. The fraction of sp³-hybridized carbons (Fsp3) is 0.462. The van der Waals surface area contributed by atoms with Gasteiger partial charge in [0.25, 0.3) is 0 Å². The maximum absolute atomic E-state index is 12.2. The average molecular weight is 304 g/mol. The van der Waals surface area contributed by atoms with Gasteiger partial charge in [-0.25, -0.2) is 8.42 Å². The van der Waals surface area contributed by atoms with Crippen LogP contribution in [0.3, 0.4) is 0 Å². The van der Waals surface area contributed by atoms with Crippen molar-refractivity contribution in [1.29, 1.82) is 0 Å². The molecule has 0 aliphatic heterocycles. The highest BCUT2D eigenvalue weighted by Crippen LogP contribution is 2.18. The zero-order valence-corrected chi connectivity index (χ0v) is 12.5. The number of halogens is 1. The number of rotatable bonds is 8. The predicted molar refractivity (Wildman–Crippen MR) is 78.0 cm³/mol. The van der Waals surface area contributed by atoms with Crippen molar-refractivity contribution < 1.29 is 13.2 Å². The molecule has 0 radical (unpaired) electrons. The first-order chi connectivity index (χ1) is 8.97. The fourth-order valence-corrected chi connectivity index (χ4v) is 3.55. The van der Waals surface area contributed by atoms with Crippen LogP contribution in [-0.4, -0.2) is 26.0 Å². The summed E-state index contributed by atoms with van der Waals surface area (Å²) in [5, 5.41) is -0.423. The predicted octanol–water partition coefficient (Wildman–Crippen LogP) is 2.78. The highest BCUT2D eigenvalue weighted by molar-refractivity contribution is 7.92. The molecule has 0 fully saturated rings. The van der Waals surface area contributed by atoms with Gasteiger partial charge < -0.3 is 0 Å². The summed E-state index contributed by atoms with van der Waals surface area (Å²) in [5.41, 5.74) is 0.665. The van der Waals surface area contributed by atoms with Crippen LogP contribution in [0.1, 0.15) is 26.2 Å². The molecular weight excluding hydrogens is 286 g/mol. The summed E-state index contributed by atoms with van der Waals surface area (Å²) >= 11 is 5.21. The molecule has 0 bridgehead atoms. The van der Waals surface area contributed by atoms with E-state index in [4.69, 9.17) is 11.6 Å². The Hall–Kier alpha value is -1.07. The second kappa shape index (κ2) is 7.50. The molecule has 0 N–H and O–H groups in total. The summed E-state index contributed by atoms with van der Waals surface area (Å²) in [6.07, 6.45) is 1.15. The highest BCUT2D eigenvalue weighted by atomic mass is 35.5. The molecule has 0 atom stereocenters. The third kappa shape index (κ3) is 5.20. The number of hydrogen-bond donors (Lipinski definition) is 0. The lowest BCUT2D eigenvalue weighted by Crippen LogP contribution is -2.32. The molecule has 0 saturated carbocycles. The van der Waals surface area contributed by atoms with Gasteiger partial charge in [-0.05, 0) is 43.5 Å². The van der Waals surface area contributed by atoms with Crippen LogP contribution >= 0.6 is 11.6 Å². The second-order valence-electron chi connectivity index (χ2n) is 4.13. The zero-order chi connectivity index (χ0) is 14.3. The first-order valence-corrected chi connectivity index (χ1v) is 8.20. The molecule has 0 aliphatic rings. The Bertz CT molecular complexity index is 502. The number of carbonyl (C=O) groups excluding carboxylic acids is 1.